The lowest BCUT2D eigenvalue weighted by Gasteiger charge is -2.16. The first-order valence-corrected chi connectivity index (χ1v) is 6.11. The zero-order chi connectivity index (χ0) is 13.9. The van der Waals surface area contributed by atoms with Crippen LogP contribution in [0.5, 0.6) is 0 Å². The van der Waals surface area contributed by atoms with Gasteiger partial charge in [-0.25, -0.2) is 4.39 Å². The summed E-state index contributed by atoms with van der Waals surface area (Å²) in [5.74, 6) is -3.77. The van der Waals surface area contributed by atoms with Gasteiger partial charge in [0.25, 0.3) is 0 Å². The van der Waals surface area contributed by atoms with E-state index in [1.807, 2.05) is 0 Å². The Morgan fingerprint density at radius 3 is 2.44 bits per heavy atom. The number of carboxylic acids is 1. The van der Waals surface area contributed by atoms with Crippen LogP contribution in [0.2, 0.25) is 0 Å². The Hall–Kier alpha value is -1.43. The van der Waals surface area contributed by atoms with Crippen molar-refractivity contribution < 1.29 is 19.1 Å². The molecule has 4 nitrogen and oxygen atoms in total. The van der Waals surface area contributed by atoms with E-state index in [1.165, 1.54) is 26.0 Å². The molecule has 1 amide bonds. The van der Waals surface area contributed by atoms with E-state index in [-0.39, 0.29) is 5.69 Å². The third-order valence-corrected chi connectivity index (χ3v) is 3.42. The third-order valence-electron chi connectivity index (χ3n) is 2.76. The van der Waals surface area contributed by atoms with E-state index in [1.54, 1.807) is 6.07 Å². The van der Waals surface area contributed by atoms with Gasteiger partial charge in [-0.05, 0) is 28.1 Å². The number of halogens is 2. The van der Waals surface area contributed by atoms with E-state index < -0.39 is 29.5 Å². The molecule has 0 aliphatic heterocycles. The van der Waals surface area contributed by atoms with Crippen LogP contribution in [0, 0.1) is 17.7 Å². The number of carboxylic acid groups (broad SMARTS) is 1. The highest BCUT2D eigenvalue weighted by molar-refractivity contribution is 9.10. The summed E-state index contributed by atoms with van der Waals surface area (Å²) in [5.41, 5.74) is 0.0203. The lowest BCUT2D eigenvalue weighted by molar-refractivity contribution is -0.145. The van der Waals surface area contributed by atoms with E-state index in [4.69, 9.17) is 5.11 Å². The highest BCUT2D eigenvalue weighted by Gasteiger charge is 2.26. The number of anilines is 1. The van der Waals surface area contributed by atoms with Crippen LogP contribution >= 0.6 is 15.9 Å². The summed E-state index contributed by atoms with van der Waals surface area (Å²) in [6, 6.07) is 4.30. The number of hydrogen-bond acceptors (Lipinski definition) is 2. The van der Waals surface area contributed by atoms with Crippen LogP contribution in [0.4, 0.5) is 10.1 Å². The predicted octanol–water partition coefficient (Wildman–Crippen LogP) is 2.88. The van der Waals surface area contributed by atoms with E-state index in [0.29, 0.717) is 4.47 Å². The normalized spacial score (nSPS) is 13.8. The Kier molecular flexibility index (Phi) is 4.84. The fourth-order valence-corrected chi connectivity index (χ4v) is 1.74. The summed E-state index contributed by atoms with van der Waals surface area (Å²) in [6.07, 6.45) is 0. The summed E-state index contributed by atoms with van der Waals surface area (Å²) in [6.45, 7) is 2.92. The predicted molar refractivity (Wildman–Crippen MR) is 68.7 cm³/mol. The molecule has 0 radical (unpaired) electrons. The second-order valence-electron chi connectivity index (χ2n) is 4.00. The fraction of sp³-hybridized carbons (Fsp3) is 0.333. The fourth-order valence-electron chi connectivity index (χ4n) is 1.30. The minimum Gasteiger partial charge on any atom is -0.481 e. The molecule has 0 aromatic heterocycles. The molecule has 0 heterocycles. The van der Waals surface area contributed by atoms with Gasteiger partial charge in [-0.3, -0.25) is 9.59 Å². The number of aliphatic carboxylic acids is 1. The van der Waals surface area contributed by atoms with Gasteiger partial charge in [-0.1, -0.05) is 19.9 Å². The van der Waals surface area contributed by atoms with Crippen LogP contribution < -0.4 is 5.32 Å². The number of benzene rings is 1. The summed E-state index contributed by atoms with van der Waals surface area (Å²) >= 11 is 3.12. The van der Waals surface area contributed by atoms with Crippen molar-refractivity contribution in [3.05, 3.63) is 28.5 Å². The first-order valence-electron chi connectivity index (χ1n) is 5.32. The molecule has 2 N–H and O–H groups in total. The van der Waals surface area contributed by atoms with Crippen LogP contribution in [0.15, 0.2) is 22.7 Å². The summed E-state index contributed by atoms with van der Waals surface area (Å²) in [7, 11) is 0. The summed E-state index contributed by atoms with van der Waals surface area (Å²) in [5, 5.41) is 11.2. The minimum atomic E-state index is -1.06. The Morgan fingerprint density at radius 1 is 1.33 bits per heavy atom. The standard InChI is InChI=1S/C12H13BrFNO3/c1-6(7(2)12(17)18)11(16)15-10-8(13)4-3-5-9(10)14/h3-7H,1-2H3,(H,15,16)(H,17,18). The average Bonchev–Trinajstić information content (AvgIpc) is 2.31. The number of amides is 1. The number of hydrogen-bond donors (Lipinski definition) is 2. The van der Waals surface area contributed by atoms with Crippen LogP contribution in [0.1, 0.15) is 13.8 Å². The van der Waals surface area contributed by atoms with Gasteiger partial charge in [-0.2, -0.15) is 0 Å². The Morgan fingerprint density at radius 2 is 1.94 bits per heavy atom. The van der Waals surface area contributed by atoms with Crippen molar-refractivity contribution in [2.45, 2.75) is 13.8 Å². The zero-order valence-electron chi connectivity index (χ0n) is 9.91. The van der Waals surface area contributed by atoms with E-state index in [9.17, 15) is 14.0 Å². The highest BCUT2D eigenvalue weighted by Crippen LogP contribution is 2.26. The number of rotatable bonds is 4. The van der Waals surface area contributed by atoms with Crippen LogP contribution in [-0.2, 0) is 9.59 Å². The topological polar surface area (TPSA) is 66.4 Å². The molecule has 1 aromatic rings. The molecule has 0 saturated carbocycles. The molecular formula is C12H13BrFNO3. The van der Waals surface area contributed by atoms with Crippen molar-refractivity contribution in [2.75, 3.05) is 5.32 Å². The minimum absolute atomic E-state index is 0.0203. The van der Waals surface area contributed by atoms with Gasteiger partial charge in [-0.15, -0.1) is 0 Å². The number of carbonyl (C=O) groups is 2. The first kappa shape index (κ1) is 14.6. The molecule has 1 rings (SSSR count). The van der Waals surface area contributed by atoms with Crippen molar-refractivity contribution in [3.63, 3.8) is 0 Å². The van der Waals surface area contributed by atoms with Gasteiger partial charge in [0.1, 0.15) is 5.82 Å². The summed E-state index contributed by atoms with van der Waals surface area (Å²) in [4.78, 5) is 22.6. The van der Waals surface area contributed by atoms with Crippen molar-refractivity contribution in [3.8, 4) is 0 Å². The van der Waals surface area contributed by atoms with Crippen molar-refractivity contribution >= 4 is 33.5 Å². The maximum absolute atomic E-state index is 13.5. The molecule has 0 spiro atoms. The second-order valence-corrected chi connectivity index (χ2v) is 4.86. The molecule has 0 bridgehead atoms. The molecule has 6 heteroatoms. The van der Waals surface area contributed by atoms with Crippen LogP contribution in [0.25, 0.3) is 0 Å². The quantitative estimate of drug-likeness (QED) is 0.897. The van der Waals surface area contributed by atoms with Crippen molar-refractivity contribution in [2.24, 2.45) is 11.8 Å². The summed E-state index contributed by atoms with van der Waals surface area (Å²) < 4.78 is 13.9. The Labute approximate surface area is 112 Å². The van der Waals surface area contributed by atoms with Gasteiger partial charge in [0.2, 0.25) is 5.91 Å². The lowest BCUT2D eigenvalue weighted by atomic mass is 9.95. The van der Waals surface area contributed by atoms with Crippen LogP contribution in [0.3, 0.4) is 0 Å². The van der Waals surface area contributed by atoms with Gasteiger partial charge in [0.15, 0.2) is 0 Å². The van der Waals surface area contributed by atoms with E-state index in [0.717, 1.165) is 0 Å². The van der Waals surface area contributed by atoms with Gasteiger partial charge in [0.05, 0.1) is 11.6 Å². The molecule has 1 aromatic carbocycles. The van der Waals surface area contributed by atoms with Gasteiger partial charge < -0.3 is 10.4 Å². The SMILES string of the molecule is CC(C(=O)O)C(C)C(=O)Nc1c(F)cccc1Br. The second kappa shape index (κ2) is 5.95. The molecule has 98 valence electrons. The van der Waals surface area contributed by atoms with Crippen molar-refractivity contribution in [1.82, 2.24) is 0 Å². The van der Waals surface area contributed by atoms with Gasteiger partial charge >= 0.3 is 5.97 Å². The maximum Gasteiger partial charge on any atom is 0.307 e. The van der Waals surface area contributed by atoms with Gasteiger partial charge in [0, 0.05) is 10.4 Å². The van der Waals surface area contributed by atoms with Crippen molar-refractivity contribution in [1.29, 1.82) is 0 Å². The molecule has 18 heavy (non-hydrogen) atoms. The Balaban J connectivity index is 2.85. The van der Waals surface area contributed by atoms with Crippen LogP contribution in [-0.4, -0.2) is 17.0 Å². The number of carbonyl (C=O) groups excluding carboxylic acids is 1. The number of nitrogens with one attached hydrogen (secondary N) is 1. The molecule has 0 aliphatic rings. The Bertz CT molecular complexity index is 458. The number of para-hydroxylation sites is 1. The smallest absolute Gasteiger partial charge is 0.307 e. The van der Waals surface area contributed by atoms with E-state index >= 15 is 0 Å². The molecule has 0 aliphatic carbocycles. The first-order chi connectivity index (χ1) is 8.34. The average molecular weight is 318 g/mol. The lowest BCUT2D eigenvalue weighted by Crippen LogP contribution is -2.30. The third kappa shape index (κ3) is 3.29. The zero-order valence-corrected chi connectivity index (χ0v) is 11.5. The molecule has 0 saturated heterocycles. The molecule has 2 unspecified atom stereocenters. The van der Waals surface area contributed by atoms with E-state index in [2.05, 4.69) is 21.2 Å². The molecular weight excluding hydrogens is 305 g/mol. The highest BCUT2D eigenvalue weighted by atomic mass is 79.9. The largest absolute Gasteiger partial charge is 0.481 e. The molecule has 2 atom stereocenters. The maximum atomic E-state index is 13.5. The monoisotopic (exact) mass is 317 g/mol. The molecule has 0 fully saturated rings.